The van der Waals surface area contributed by atoms with Crippen LogP contribution in [0.5, 0.6) is 0 Å². The zero-order valence-electron chi connectivity index (χ0n) is 12.5. The van der Waals surface area contributed by atoms with Crippen molar-refractivity contribution in [3.8, 4) is 0 Å². The van der Waals surface area contributed by atoms with Crippen molar-refractivity contribution in [2.75, 3.05) is 19.3 Å². The van der Waals surface area contributed by atoms with Crippen LogP contribution in [0.25, 0.3) is 10.2 Å². The fraction of sp³-hybridized carbons (Fsp3) is 0.267. The van der Waals surface area contributed by atoms with E-state index in [0.717, 1.165) is 22.6 Å². The second-order valence-electron chi connectivity index (χ2n) is 5.13. The molecule has 1 aromatic carbocycles. The van der Waals surface area contributed by atoms with Crippen LogP contribution in [0.1, 0.15) is 16.2 Å². The maximum Gasteiger partial charge on any atom is 0.253 e. The zero-order valence-corrected chi connectivity index (χ0v) is 13.3. The van der Waals surface area contributed by atoms with E-state index >= 15 is 0 Å². The average Bonchev–Trinajstić information content (AvgIpc) is 3.07. The highest BCUT2D eigenvalue weighted by Crippen LogP contribution is 2.24. The molecule has 2 N–H and O–H groups in total. The third-order valence-corrected chi connectivity index (χ3v) is 4.46. The number of amides is 1. The number of aromatic nitrogens is 3. The van der Waals surface area contributed by atoms with Crippen LogP contribution in [0.4, 0.5) is 5.13 Å². The number of nitrogen functional groups attached to an aromatic ring is 1. The molecule has 0 saturated heterocycles. The molecule has 0 fully saturated rings. The lowest BCUT2D eigenvalue weighted by atomic mass is 10.2. The Morgan fingerprint density at radius 2 is 2.27 bits per heavy atom. The van der Waals surface area contributed by atoms with Crippen LogP contribution >= 0.6 is 11.3 Å². The average molecular weight is 315 g/mol. The second-order valence-corrected chi connectivity index (χ2v) is 6.19. The molecule has 0 aliphatic carbocycles. The largest absolute Gasteiger partial charge is 0.375 e. The van der Waals surface area contributed by atoms with E-state index in [1.54, 1.807) is 24.2 Å². The molecule has 3 rings (SSSR count). The Hall–Kier alpha value is -2.41. The molecule has 3 aromatic rings. The summed E-state index contributed by atoms with van der Waals surface area (Å²) >= 11 is 1.42. The van der Waals surface area contributed by atoms with Crippen LogP contribution in [0, 0.1) is 6.92 Å². The number of fused-ring (bicyclic) bond motifs is 1. The Bertz CT molecular complexity index is 822. The van der Waals surface area contributed by atoms with Gasteiger partial charge in [0, 0.05) is 38.1 Å². The van der Waals surface area contributed by atoms with Gasteiger partial charge in [0.2, 0.25) is 0 Å². The molecular weight excluding hydrogens is 298 g/mol. The van der Waals surface area contributed by atoms with E-state index in [2.05, 4.69) is 9.97 Å². The minimum Gasteiger partial charge on any atom is -0.375 e. The lowest BCUT2D eigenvalue weighted by molar-refractivity contribution is 0.0790. The summed E-state index contributed by atoms with van der Waals surface area (Å²) < 4.78 is 3.01. The number of nitrogens with zero attached hydrogens (tertiary/aromatic N) is 4. The normalized spacial score (nSPS) is 11.0. The number of aryl methyl sites for hydroxylation is 1. The first-order valence-electron chi connectivity index (χ1n) is 6.94. The summed E-state index contributed by atoms with van der Waals surface area (Å²) in [7, 11) is 1.80. The van der Waals surface area contributed by atoms with E-state index in [1.807, 2.05) is 29.8 Å². The SMILES string of the molecule is Cc1nccn1CCN(C)C(=O)c1ccc2sc(N)nc2c1. The number of carbonyl (C=O) groups is 1. The number of hydrogen-bond donors (Lipinski definition) is 1. The zero-order chi connectivity index (χ0) is 15.7. The molecule has 114 valence electrons. The van der Waals surface area contributed by atoms with Gasteiger partial charge in [-0.05, 0) is 25.1 Å². The Labute approximate surface area is 132 Å². The Morgan fingerprint density at radius 1 is 1.45 bits per heavy atom. The first-order valence-corrected chi connectivity index (χ1v) is 7.75. The highest BCUT2D eigenvalue weighted by molar-refractivity contribution is 7.22. The third-order valence-electron chi connectivity index (χ3n) is 3.60. The Morgan fingerprint density at radius 3 is 3.00 bits per heavy atom. The van der Waals surface area contributed by atoms with Crippen LogP contribution in [0.2, 0.25) is 0 Å². The Balaban J connectivity index is 1.72. The molecule has 0 aliphatic heterocycles. The molecule has 6 nitrogen and oxygen atoms in total. The van der Waals surface area contributed by atoms with Crippen molar-refractivity contribution >= 4 is 32.6 Å². The summed E-state index contributed by atoms with van der Waals surface area (Å²) in [5.74, 6) is 0.923. The molecule has 2 heterocycles. The minimum absolute atomic E-state index is 0.0220. The number of carbonyl (C=O) groups excluding carboxylic acids is 1. The highest BCUT2D eigenvalue weighted by Gasteiger charge is 2.13. The van der Waals surface area contributed by atoms with Crippen LogP contribution in [-0.4, -0.2) is 38.9 Å². The minimum atomic E-state index is -0.0220. The number of likely N-dealkylation sites (N-methyl/N-ethyl adjacent to an activating group) is 1. The monoisotopic (exact) mass is 315 g/mol. The number of nitrogens with two attached hydrogens (primary N) is 1. The molecule has 7 heteroatoms. The summed E-state index contributed by atoms with van der Waals surface area (Å²) in [5, 5.41) is 0.517. The first-order chi connectivity index (χ1) is 10.5. The number of thiazole rings is 1. The van der Waals surface area contributed by atoms with Crippen molar-refractivity contribution in [1.29, 1.82) is 0 Å². The molecule has 0 atom stereocenters. The van der Waals surface area contributed by atoms with Gasteiger partial charge in [-0.1, -0.05) is 11.3 Å². The lowest BCUT2D eigenvalue weighted by Crippen LogP contribution is -2.30. The van der Waals surface area contributed by atoms with Gasteiger partial charge in [0.05, 0.1) is 10.2 Å². The third kappa shape index (κ3) is 2.80. The summed E-state index contributed by atoms with van der Waals surface area (Å²) in [5.41, 5.74) is 7.09. The fourth-order valence-electron chi connectivity index (χ4n) is 2.30. The molecule has 2 aromatic heterocycles. The van der Waals surface area contributed by atoms with E-state index in [1.165, 1.54) is 11.3 Å². The van der Waals surface area contributed by atoms with Crippen molar-refractivity contribution in [2.45, 2.75) is 13.5 Å². The van der Waals surface area contributed by atoms with E-state index in [9.17, 15) is 4.79 Å². The fourth-order valence-corrected chi connectivity index (χ4v) is 3.01. The second kappa shape index (κ2) is 5.76. The van der Waals surface area contributed by atoms with Crippen LogP contribution in [0.3, 0.4) is 0 Å². The first kappa shape index (κ1) is 14.5. The summed E-state index contributed by atoms with van der Waals surface area (Å²) in [4.78, 5) is 22.6. The van der Waals surface area contributed by atoms with Crippen molar-refractivity contribution in [2.24, 2.45) is 0 Å². The van der Waals surface area contributed by atoms with Crippen LogP contribution in [-0.2, 0) is 6.54 Å². The predicted octanol–water partition coefficient (Wildman–Crippen LogP) is 2.16. The molecule has 0 bridgehead atoms. The molecule has 0 unspecified atom stereocenters. The van der Waals surface area contributed by atoms with Gasteiger partial charge in [-0.25, -0.2) is 9.97 Å². The van der Waals surface area contributed by atoms with E-state index in [0.29, 0.717) is 17.2 Å². The van der Waals surface area contributed by atoms with Gasteiger partial charge in [0.15, 0.2) is 5.13 Å². The van der Waals surface area contributed by atoms with E-state index in [-0.39, 0.29) is 5.91 Å². The smallest absolute Gasteiger partial charge is 0.253 e. The van der Waals surface area contributed by atoms with Crippen molar-refractivity contribution < 1.29 is 4.79 Å². The van der Waals surface area contributed by atoms with Gasteiger partial charge in [0.25, 0.3) is 5.91 Å². The van der Waals surface area contributed by atoms with Crippen LogP contribution in [0.15, 0.2) is 30.6 Å². The maximum atomic E-state index is 12.5. The topological polar surface area (TPSA) is 77.0 Å². The molecule has 0 aliphatic rings. The molecule has 0 spiro atoms. The van der Waals surface area contributed by atoms with Gasteiger partial charge in [-0.2, -0.15) is 0 Å². The summed E-state index contributed by atoms with van der Waals surface area (Å²) in [6.07, 6.45) is 3.68. The van der Waals surface area contributed by atoms with Gasteiger partial charge in [-0.15, -0.1) is 0 Å². The van der Waals surface area contributed by atoms with Gasteiger partial charge >= 0.3 is 0 Å². The van der Waals surface area contributed by atoms with Crippen molar-refractivity contribution in [3.63, 3.8) is 0 Å². The highest BCUT2D eigenvalue weighted by atomic mass is 32.1. The number of imidazole rings is 1. The van der Waals surface area contributed by atoms with E-state index < -0.39 is 0 Å². The summed E-state index contributed by atoms with van der Waals surface area (Å²) in [6, 6.07) is 5.51. The molecule has 0 radical (unpaired) electrons. The quantitative estimate of drug-likeness (QED) is 0.800. The Kier molecular flexibility index (Phi) is 3.81. The predicted molar refractivity (Wildman–Crippen MR) is 88.0 cm³/mol. The number of benzene rings is 1. The molecular formula is C15H17N5OS. The number of anilines is 1. The lowest BCUT2D eigenvalue weighted by Gasteiger charge is -2.18. The standard InChI is InChI=1S/C15H17N5OS/c1-10-17-5-6-20(10)8-7-19(2)14(21)11-3-4-13-12(9-11)18-15(16)22-13/h3-6,9H,7-8H2,1-2H3,(H2,16,18). The maximum absolute atomic E-state index is 12.5. The van der Waals surface area contributed by atoms with Crippen molar-refractivity contribution in [3.05, 3.63) is 42.0 Å². The van der Waals surface area contributed by atoms with Gasteiger partial charge in [-0.3, -0.25) is 4.79 Å². The molecule has 22 heavy (non-hydrogen) atoms. The van der Waals surface area contributed by atoms with E-state index in [4.69, 9.17) is 5.73 Å². The number of rotatable bonds is 4. The summed E-state index contributed by atoms with van der Waals surface area (Å²) in [6.45, 7) is 3.29. The van der Waals surface area contributed by atoms with Crippen molar-refractivity contribution in [1.82, 2.24) is 19.4 Å². The molecule has 1 amide bonds. The molecule has 0 saturated carbocycles. The number of hydrogen-bond acceptors (Lipinski definition) is 5. The van der Waals surface area contributed by atoms with Gasteiger partial charge in [0.1, 0.15) is 5.82 Å². The van der Waals surface area contributed by atoms with Gasteiger partial charge < -0.3 is 15.2 Å². The van der Waals surface area contributed by atoms with Crippen LogP contribution < -0.4 is 5.73 Å².